The first kappa shape index (κ1) is 22.4. The van der Waals surface area contributed by atoms with Crippen molar-refractivity contribution in [3.63, 3.8) is 0 Å². The maximum Gasteiger partial charge on any atom is 0.270 e. The summed E-state index contributed by atoms with van der Waals surface area (Å²) in [7, 11) is 1.56. The van der Waals surface area contributed by atoms with E-state index in [9.17, 15) is 14.0 Å². The fourth-order valence-corrected chi connectivity index (χ4v) is 3.82. The molecular formula is C27H26FN3O2. The number of carbonyl (C=O) groups is 2. The highest BCUT2D eigenvalue weighted by Gasteiger charge is 2.21. The first-order valence-electron chi connectivity index (χ1n) is 10.8. The highest BCUT2D eigenvalue weighted by molar-refractivity contribution is 6.00. The molecule has 0 fully saturated rings. The second-order valence-electron chi connectivity index (χ2n) is 9.28. The van der Waals surface area contributed by atoms with Gasteiger partial charge in [-0.3, -0.25) is 14.0 Å². The first-order valence-corrected chi connectivity index (χ1v) is 10.8. The summed E-state index contributed by atoms with van der Waals surface area (Å²) in [5, 5.41) is 2.67. The van der Waals surface area contributed by atoms with Gasteiger partial charge in [0, 0.05) is 30.8 Å². The molecule has 4 rings (SSSR count). The Kier molecular flexibility index (Phi) is 5.85. The van der Waals surface area contributed by atoms with E-state index >= 15 is 0 Å². The van der Waals surface area contributed by atoms with Crippen LogP contribution in [0.25, 0.3) is 28.0 Å². The van der Waals surface area contributed by atoms with Crippen molar-refractivity contribution in [3.05, 3.63) is 83.9 Å². The number of nitrogens with zero attached hydrogens (tertiary/aromatic N) is 2. The van der Waals surface area contributed by atoms with Gasteiger partial charge >= 0.3 is 0 Å². The average molecular weight is 444 g/mol. The molecule has 0 aliphatic carbocycles. The molecule has 0 saturated carbocycles. The minimum Gasteiger partial charge on any atom is -0.354 e. The molecule has 1 N–H and O–H groups in total. The summed E-state index contributed by atoms with van der Waals surface area (Å²) >= 11 is 0. The number of benzene rings is 2. The Bertz CT molecular complexity index is 1350. The van der Waals surface area contributed by atoms with Gasteiger partial charge in [0.2, 0.25) is 0 Å². The number of pyridine rings is 1. The van der Waals surface area contributed by atoms with Crippen molar-refractivity contribution in [1.82, 2.24) is 14.7 Å². The van der Waals surface area contributed by atoms with Gasteiger partial charge in [0.15, 0.2) is 5.78 Å². The molecule has 2 aromatic heterocycles. The van der Waals surface area contributed by atoms with Crippen molar-refractivity contribution >= 4 is 17.3 Å². The van der Waals surface area contributed by atoms with Crippen LogP contribution in [0.15, 0.2) is 66.9 Å². The largest absolute Gasteiger partial charge is 0.354 e. The molecule has 0 radical (unpaired) electrons. The number of Topliss-reactive ketones (excluding diaryl/α,β-unsaturated/α-hetero) is 1. The molecule has 0 bridgehead atoms. The van der Waals surface area contributed by atoms with Crippen LogP contribution in [-0.2, 0) is 0 Å². The zero-order valence-corrected chi connectivity index (χ0v) is 19.1. The van der Waals surface area contributed by atoms with Crippen LogP contribution in [0.2, 0.25) is 0 Å². The lowest BCUT2D eigenvalue weighted by molar-refractivity contribution is 0.0936. The number of carbonyl (C=O) groups excluding carboxylic acids is 2. The van der Waals surface area contributed by atoms with Crippen molar-refractivity contribution < 1.29 is 14.0 Å². The molecule has 6 heteroatoms. The quantitative estimate of drug-likeness (QED) is 0.397. The molecule has 0 atom stereocenters. The number of halogens is 1. The molecule has 2 aromatic carbocycles. The van der Waals surface area contributed by atoms with Crippen LogP contribution in [0.1, 0.15) is 48.0 Å². The number of aromatic nitrogens is 2. The van der Waals surface area contributed by atoms with E-state index in [1.165, 1.54) is 12.1 Å². The van der Waals surface area contributed by atoms with E-state index in [-0.39, 0.29) is 22.9 Å². The number of fused-ring (bicyclic) bond motifs is 1. The SMILES string of the molecule is CNC(=O)c1c(-c2ccc(F)cc2)nc2ccc(-c3cccc(C(=O)CC(C)(C)C)c3)cn12. The predicted octanol–water partition coefficient (Wildman–Crippen LogP) is 5.79. The zero-order valence-electron chi connectivity index (χ0n) is 19.1. The maximum absolute atomic E-state index is 13.4. The van der Waals surface area contributed by atoms with Crippen LogP contribution in [0, 0.1) is 11.2 Å². The molecule has 0 aliphatic rings. The van der Waals surface area contributed by atoms with E-state index in [0.29, 0.717) is 34.6 Å². The Balaban J connectivity index is 1.81. The van der Waals surface area contributed by atoms with Crippen molar-refractivity contribution in [2.75, 3.05) is 7.05 Å². The van der Waals surface area contributed by atoms with Crippen LogP contribution in [0.5, 0.6) is 0 Å². The van der Waals surface area contributed by atoms with E-state index in [4.69, 9.17) is 0 Å². The van der Waals surface area contributed by atoms with E-state index in [1.807, 2.05) is 63.4 Å². The monoisotopic (exact) mass is 443 g/mol. The van der Waals surface area contributed by atoms with E-state index < -0.39 is 0 Å². The predicted molar refractivity (Wildman–Crippen MR) is 128 cm³/mol. The number of imidazole rings is 1. The Labute approximate surface area is 192 Å². The topological polar surface area (TPSA) is 63.5 Å². The van der Waals surface area contributed by atoms with Gasteiger partial charge < -0.3 is 5.32 Å². The van der Waals surface area contributed by atoms with Crippen LogP contribution in [-0.4, -0.2) is 28.1 Å². The molecule has 0 aliphatic heterocycles. The number of rotatable bonds is 5. The second kappa shape index (κ2) is 8.62. The number of amides is 1. The highest BCUT2D eigenvalue weighted by atomic mass is 19.1. The minimum atomic E-state index is -0.354. The van der Waals surface area contributed by atoms with Crippen molar-refractivity contribution in [3.8, 4) is 22.4 Å². The van der Waals surface area contributed by atoms with Crippen molar-refractivity contribution in [2.45, 2.75) is 27.2 Å². The molecule has 0 saturated heterocycles. The Morgan fingerprint density at radius 1 is 0.970 bits per heavy atom. The Morgan fingerprint density at radius 2 is 1.67 bits per heavy atom. The summed E-state index contributed by atoms with van der Waals surface area (Å²) in [6.45, 7) is 6.13. The summed E-state index contributed by atoms with van der Waals surface area (Å²) in [4.78, 5) is 30.1. The normalized spacial score (nSPS) is 11.5. The standard InChI is InChI=1S/C27H26FN3O2/c1-27(2,3)15-22(32)19-7-5-6-18(14-19)20-10-13-23-30-24(17-8-11-21(28)12-9-17)25(26(33)29-4)31(23)16-20/h5-14,16H,15H2,1-4H3,(H,29,33). The van der Waals surface area contributed by atoms with E-state index in [1.54, 1.807) is 23.6 Å². The Hall–Kier alpha value is -3.80. The fourth-order valence-electron chi connectivity index (χ4n) is 3.82. The molecule has 1 amide bonds. The van der Waals surface area contributed by atoms with Crippen LogP contribution in [0.4, 0.5) is 4.39 Å². The van der Waals surface area contributed by atoms with Gasteiger partial charge in [-0.25, -0.2) is 9.37 Å². The van der Waals surface area contributed by atoms with Crippen molar-refractivity contribution in [2.24, 2.45) is 5.41 Å². The molecule has 0 spiro atoms. The summed E-state index contributed by atoms with van der Waals surface area (Å²) in [5.74, 6) is -0.557. The van der Waals surface area contributed by atoms with Crippen LogP contribution < -0.4 is 5.32 Å². The summed E-state index contributed by atoms with van der Waals surface area (Å²) in [6, 6.07) is 17.2. The number of nitrogens with one attached hydrogen (secondary N) is 1. The van der Waals surface area contributed by atoms with Gasteiger partial charge in [0.25, 0.3) is 5.91 Å². The Morgan fingerprint density at radius 3 is 2.33 bits per heavy atom. The maximum atomic E-state index is 13.4. The summed E-state index contributed by atoms with van der Waals surface area (Å²) in [5.41, 5.74) is 4.36. The molecule has 33 heavy (non-hydrogen) atoms. The number of hydrogen-bond donors (Lipinski definition) is 1. The molecule has 2 heterocycles. The van der Waals surface area contributed by atoms with Gasteiger partial charge in [-0.05, 0) is 59.0 Å². The smallest absolute Gasteiger partial charge is 0.270 e. The molecule has 4 aromatic rings. The summed E-state index contributed by atoms with van der Waals surface area (Å²) in [6.07, 6.45) is 2.30. The minimum absolute atomic E-state index is 0.0951. The van der Waals surface area contributed by atoms with Gasteiger partial charge in [-0.15, -0.1) is 0 Å². The van der Waals surface area contributed by atoms with E-state index in [0.717, 1.165) is 11.1 Å². The summed E-state index contributed by atoms with van der Waals surface area (Å²) < 4.78 is 15.2. The number of hydrogen-bond acceptors (Lipinski definition) is 3. The molecular weight excluding hydrogens is 417 g/mol. The zero-order chi connectivity index (χ0) is 23.8. The molecule has 5 nitrogen and oxygen atoms in total. The van der Waals surface area contributed by atoms with Gasteiger partial charge in [-0.1, -0.05) is 39.0 Å². The third kappa shape index (κ3) is 4.70. The van der Waals surface area contributed by atoms with Gasteiger partial charge in [0.1, 0.15) is 22.9 Å². The molecule has 168 valence electrons. The fraction of sp³-hybridized carbons (Fsp3) is 0.222. The third-order valence-corrected chi connectivity index (χ3v) is 5.39. The second-order valence-corrected chi connectivity index (χ2v) is 9.28. The third-order valence-electron chi connectivity index (χ3n) is 5.39. The number of ketones is 1. The lowest BCUT2D eigenvalue weighted by atomic mass is 9.87. The highest BCUT2D eigenvalue weighted by Crippen LogP contribution is 2.29. The lowest BCUT2D eigenvalue weighted by Crippen LogP contribution is -2.20. The lowest BCUT2D eigenvalue weighted by Gasteiger charge is -2.17. The average Bonchev–Trinajstić information content (AvgIpc) is 3.16. The van der Waals surface area contributed by atoms with E-state index in [2.05, 4.69) is 10.3 Å². The van der Waals surface area contributed by atoms with Crippen molar-refractivity contribution in [1.29, 1.82) is 0 Å². The van der Waals surface area contributed by atoms with Gasteiger partial charge in [-0.2, -0.15) is 0 Å². The van der Waals surface area contributed by atoms with Gasteiger partial charge in [0.05, 0.1) is 0 Å². The van der Waals surface area contributed by atoms with Crippen LogP contribution in [0.3, 0.4) is 0 Å². The molecule has 0 unspecified atom stereocenters. The van der Waals surface area contributed by atoms with Crippen LogP contribution >= 0.6 is 0 Å². The first-order chi connectivity index (χ1) is 15.7.